The molecule has 4 aliphatic rings. The van der Waals surface area contributed by atoms with Crippen LogP contribution in [-0.2, 0) is 11.3 Å². The predicted octanol–water partition coefficient (Wildman–Crippen LogP) is 5.71. The Bertz CT molecular complexity index is 1140. The average Bonchev–Trinajstić information content (AvgIpc) is 3.35. The first-order valence-corrected chi connectivity index (χ1v) is 15.0. The Labute approximate surface area is 234 Å². The van der Waals surface area contributed by atoms with E-state index in [1.165, 1.54) is 31.3 Å². The average molecular weight is 534 g/mol. The summed E-state index contributed by atoms with van der Waals surface area (Å²) < 4.78 is 0. The lowest BCUT2D eigenvalue weighted by Crippen LogP contribution is -2.40. The summed E-state index contributed by atoms with van der Waals surface area (Å²) in [6.07, 6.45) is 11.4. The largest absolute Gasteiger partial charge is 0.393 e. The van der Waals surface area contributed by atoms with Gasteiger partial charge in [0.25, 0.3) is 5.91 Å². The predicted molar refractivity (Wildman–Crippen MR) is 155 cm³/mol. The molecule has 5 heteroatoms. The summed E-state index contributed by atoms with van der Waals surface area (Å²) in [5.41, 5.74) is 3.25. The minimum Gasteiger partial charge on any atom is -0.393 e. The lowest BCUT2D eigenvalue weighted by atomic mass is 9.60. The number of nitrogens with zero attached hydrogens (tertiary/aromatic N) is 1. The molecule has 1 amide bonds. The van der Waals surface area contributed by atoms with Gasteiger partial charge in [-0.15, -0.1) is 0 Å². The Morgan fingerprint density at radius 3 is 2.64 bits per heavy atom. The molecule has 1 heterocycles. The van der Waals surface area contributed by atoms with Crippen LogP contribution in [0.5, 0.6) is 0 Å². The number of aliphatic hydroxyl groups is 3. The van der Waals surface area contributed by atoms with Crippen molar-refractivity contribution in [3.05, 3.63) is 71.3 Å². The van der Waals surface area contributed by atoms with Gasteiger partial charge in [-0.05, 0) is 91.7 Å². The summed E-state index contributed by atoms with van der Waals surface area (Å²) in [5.74, 6) is 1.42. The maximum Gasteiger partial charge on any atom is 0.254 e. The van der Waals surface area contributed by atoms with Crippen molar-refractivity contribution in [1.29, 1.82) is 0 Å². The molecule has 1 saturated heterocycles. The maximum atomic E-state index is 13.2. The van der Waals surface area contributed by atoms with Crippen molar-refractivity contribution < 1.29 is 20.1 Å². The summed E-state index contributed by atoms with van der Waals surface area (Å²) >= 11 is 0. The van der Waals surface area contributed by atoms with E-state index >= 15 is 0 Å². The van der Waals surface area contributed by atoms with Crippen LogP contribution in [0.25, 0.3) is 0 Å². The summed E-state index contributed by atoms with van der Waals surface area (Å²) in [4.78, 5) is 15.1. The molecule has 5 rings (SSSR count). The summed E-state index contributed by atoms with van der Waals surface area (Å²) in [6.45, 7) is 11.2. The molecule has 0 radical (unpaired) electrons. The Hall–Kier alpha value is -2.21. The van der Waals surface area contributed by atoms with Crippen LogP contribution >= 0.6 is 0 Å². The zero-order valence-electron chi connectivity index (χ0n) is 24.0. The molecule has 0 bridgehead atoms. The third-order valence-corrected chi connectivity index (χ3v) is 10.6. The number of allylic oxidation sites excluding steroid dienone is 3. The molecular weight excluding hydrogens is 486 g/mol. The topological polar surface area (TPSA) is 81.0 Å². The van der Waals surface area contributed by atoms with E-state index in [0.717, 1.165) is 29.6 Å². The molecule has 3 saturated carbocycles. The monoisotopic (exact) mass is 533 g/mol. The van der Waals surface area contributed by atoms with Crippen LogP contribution in [0.3, 0.4) is 0 Å². The van der Waals surface area contributed by atoms with E-state index in [-0.39, 0.29) is 17.4 Å². The van der Waals surface area contributed by atoms with Gasteiger partial charge < -0.3 is 20.2 Å². The van der Waals surface area contributed by atoms with Gasteiger partial charge in [-0.3, -0.25) is 4.79 Å². The van der Waals surface area contributed by atoms with Crippen LogP contribution in [-0.4, -0.2) is 50.0 Å². The minimum atomic E-state index is -1.29. The number of likely N-dealkylation sites (tertiary alicyclic amines) is 1. The molecule has 1 aliphatic heterocycles. The van der Waals surface area contributed by atoms with Crippen LogP contribution in [0.1, 0.15) is 84.1 Å². The Balaban J connectivity index is 1.31. The van der Waals surface area contributed by atoms with Crippen LogP contribution in [0.4, 0.5) is 0 Å². The van der Waals surface area contributed by atoms with Gasteiger partial charge in [-0.25, -0.2) is 0 Å². The number of carbonyl (C=O) groups is 1. The first-order valence-electron chi connectivity index (χ1n) is 15.0. The van der Waals surface area contributed by atoms with Gasteiger partial charge in [0.1, 0.15) is 5.60 Å². The fraction of sp³-hybridized carbons (Fsp3) is 0.618. The molecule has 0 spiro atoms. The molecule has 3 aliphatic carbocycles. The second-order valence-electron chi connectivity index (χ2n) is 13.4. The Morgan fingerprint density at radius 2 is 1.90 bits per heavy atom. The second kappa shape index (κ2) is 11.0. The van der Waals surface area contributed by atoms with E-state index < -0.39 is 17.8 Å². The Morgan fingerprint density at radius 1 is 1.15 bits per heavy atom. The highest BCUT2D eigenvalue weighted by Crippen LogP contribution is 2.60. The van der Waals surface area contributed by atoms with Crippen LogP contribution in [0, 0.1) is 23.2 Å². The van der Waals surface area contributed by atoms with Crippen molar-refractivity contribution >= 4 is 5.91 Å². The van der Waals surface area contributed by atoms with Gasteiger partial charge in [0, 0.05) is 25.4 Å². The number of benzene rings is 1. The van der Waals surface area contributed by atoms with Gasteiger partial charge in [0.05, 0.1) is 12.2 Å². The molecule has 3 N–H and O–H groups in total. The highest BCUT2D eigenvalue weighted by Gasteiger charge is 2.53. The molecule has 5 nitrogen and oxygen atoms in total. The number of carbonyl (C=O) groups excluding carboxylic acids is 1. The van der Waals surface area contributed by atoms with E-state index in [1.54, 1.807) is 6.92 Å². The molecule has 1 aromatic carbocycles. The first kappa shape index (κ1) is 28.3. The number of hydrogen-bond donors (Lipinski definition) is 3. The molecule has 39 heavy (non-hydrogen) atoms. The third-order valence-electron chi connectivity index (χ3n) is 10.6. The number of aliphatic hydroxyl groups excluding tert-OH is 2. The van der Waals surface area contributed by atoms with Crippen molar-refractivity contribution in [3.8, 4) is 0 Å². The number of fused-ring (bicyclic) bond motifs is 1. The standard InChI is InChI=1S/C34H47NO4/c1-22(17-27-20-34(4,39)32(38)35(27)21-24-9-6-5-7-10-24)29-14-15-30-25(11-8-16-33(29,30)3)12-13-26-18-28(36)19-31(37)23(26)2/h5-7,9-10,12-13,22,27-31,36-37,39H,2,8,11,14-21H2,1,3-4H3/b25-12+,26-13-/t22-,27+,28-,29-,30+,31+,33-,34+/m1/s1. The SMILES string of the molecule is C=C1/C(=C\C=C2/CCC[C@]3(C)[C@@H]([C@H](C)C[C@H]4C[C@](C)(O)C(=O)N4Cc4ccccc4)CC[C@@H]23)C[C@@H](O)C[C@@H]1O. The summed E-state index contributed by atoms with van der Waals surface area (Å²) in [7, 11) is 0. The van der Waals surface area contributed by atoms with Crippen LogP contribution in [0.15, 0.2) is 65.8 Å². The fourth-order valence-corrected chi connectivity index (χ4v) is 8.60. The van der Waals surface area contributed by atoms with Gasteiger partial charge in [0.15, 0.2) is 0 Å². The van der Waals surface area contributed by atoms with Crippen molar-refractivity contribution in [2.24, 2.45) is 23.2 Å². The zero-order valence-corrected chi connectivity index (χ0v) is 24.0. The molecule has 4 fully saturated rings. The van der Waals surface area contributed by atoms with Gasteiger partial charge in [-0.1, -0.05) is 68.5 Å². The molecule has 8 atom stereocenters. The highest BCUT2D eigenvalue weighted by atomic mass is 16.3. The van der Waals surface area contributed by atoms with E-state index in [9.17, 15) is 20.1 Å². The molecule has 0 aromatic heterocycles. The smallest absolute Gasteiger partial charge is 0.254 e. The van der Waals surface area contributed by atoms with Crippen molar-refractivity contribution in [3.63, 3.8) is 0 Å². The van der Waals surface area contributed by atoms with E-state index in [2.05, 4.69) is 44.7 Å². The third kappa shape index (κ3) is 5.55. The van der Waals surface area contributed by atoms with Crippen molar-refractivity contribution in [2.45, 2.75) is 109 Å². The fourth-order valence-electron chi connectivity index (χ4n) is 8.60. The van der Waals surface area contributed by atoms with Crippen LogP contribution < -0.4 is 0 Å². The van der Waals surface area contributed by atoms with E-state index in [0.29, 0.717) is 43.6 Å². The van der Waals surface area contributed by atoms with Crippen molar-refractivity contribution in [2.75, 3.05) is 0 Å². The van der Waals surface area contributed by atoms with Gasteiger partial charge in [0.2, 0.25) is 0 Å². The number of amides is 1. The molecular formula is C34H47NO4. The first-order chi connectivity index (χ1) is 18.5. The van der Waals surface area contributed by atoms with Crippen LogP contribution in [0.2, 0.25) is 0 Å². The molecule has 1 aromatic rings. The number of hydrogen-bond acceptors (Lipinski definition) is 4. The van der Waals surface area contributed by atoms with Gasteiger partial charge in [-0.2, -0.15) is 0 Å². The number of rotatable bonds is 6. The summed E-state index contributed by atoms with van der Waals surface area (Å²) in [5, 5.41) is 31.3. The molecule has 212 valence electrons. The summed E-state index contributed by atoms with van der Waals surface area (Å²) in [6, 6.07) is 10.2. The van der Waals surface area contributed by atoms with Gasteiger partial charge >= 0.3 is 0 Å². The normalized spacial score (nSPS) is 39.9. The maximum absolute atomic E-state index is 13.2. The van der Waals surface area contributed by atoms with Crippen molar-refractivity contribution in [1.82, 2.24) is 4.90 Å². The van der Waals surface area contributed by atoms with E-state index in [4.69, 9.17) is 0 Å². The highest BCUT2D eigenvalue weighted by molar-refractivity contribution is 5.87. The van der Waals surface area contributed by atoms with E-state index in [1.807, 2.05) is 23.1 Å². The second-order valence-corrected chi connectivity index (χ2v) is 13.4. The molecule has 0 unspecified atom stereocenters. The quantitative estimate of drug-likeness (QED) is 0.438. The lowest BCUT2D eigenvalue weighted by molar-refractivity contribution is -0.142. The zero-order chi connectivity index (χ0) is 27.9. The minimum absolute atomic E-state index is 0.0452. The lowest BCUT2D eigenvalue weighted by Gasteiger charge is -2.45. The Kier molecular flexibility index (Phi) is 7.98.